The highest BCUT2D eigenvalue weighted by molar-refractivity contribution is 6.30. The van der Waals surface area contributed by atoms with Crippen molar-refractivity contribution in [3.05, 3.63) is 59.1 Å². The van der Waals surface area contributed by atoms with Crippen molar-refractivity contribution in [2.45, 2.75) is 18.6 Å². The van der Waals surface area contributed by atoms with Crippen LogP contribution in [-0.4, -0.2) is 25.3 Å². The van der Waals surface area contributed by atoms with Crippen LogP contribution in [-0.2, 0) is 16.0 Å². The van der Waals surface area contributed by atoms with Crippen LogP contribution in [0.3, 0.4) is 0 Å². The lowest BCUT2D eigenvalue weighted by Crippen LogP contribution is -2.39. The number of ether oxygens (including phenoxy) is 1. The van der Waals surface area contributed by atoms with Gasteiger partial charge in [-0.2, -0.15) is 0 Å². The molecule has 3 nitrogen and oxygen atoms in total. The lowest BCUT2D eigenvalue weighted by molar-refractivity contribution is -0.147. The third-order valence-corrected chi connectivity index (χ3v) is 3.62. The van der Waals surface area contributed by atoms with E-state index in [0.717, 1.165) is 23.8 Å². The first-order chi connectivity index (χ1) is 10.5. The van der Waals surface area contributed by atoms with E-state index in [4.69, 9.17) is 17.3 Å². The second-order valence-corrected chi connectivity index (χ2v) is 5.44. The molecule has 0 aliphatic rings. The lowest BCUT2D eigenvalue weighted by atomic mass is 9.99. The third kappa shape index (κ3) is 5.20. The summed E-state index contributed by atoms with van der Waals surface area (Å²) in [5.74, 6) is -0.942. The topological polar surface area (TPSA) is 52.3 Å². The first-order valence-corrected chi connectivity index (χ1v) is 7.21. The van der Waals surface area contributed by atoms with Gasteiger partial charge < -0.3 is 10.5 Å². The van der Waals surface area contributed by atoms with Crippen LogP contribution in [0.25, 0.3) is 11.1 Å². The highest BCUT2D eigenvalue weighted by Crippen LogP contribution is 2.23. The van der Waals surface area contributed by atoms with E-state index < -0.39 is 18.2 Å². The molecule has 0 amide bonds. The number of benzene rings is 2. The Kier molecular flexibility index (Phi) is 7.49. The number of carbonyl (C=O) groups is 1. The molecule has 124 valence electrons. The van der Waals surface area contributed by atoms with Gasteiger partial charge in [-0.05, 0) is 35.2 Å². The van der Waals surface area contributed by atoms with Crippen LogP contribution in [0.4, 0.5) is 4.39 Å². The molecular formula is C17H18Cl2FNO2. The molecule has 6 heteroatoms. The molecule has 0 heterocycles. The van der Waals surface area contributed by atoms with Gasteiger partial charge in [-0.1, -0.05) is 48.0 Å². The quantitative estimate of drug-likeness (QED) is 0.827. The van der Waals surface area contributed by atoms with Crippen molar-refractivity contribution in [1.29, 1.82) is 0 Å². The highest BCUT2D eigenvalue weighted by Gasteiger charge is 2.25. The molecule has 2 atom stereocenters. The molecule has 0 aliphatic heterocycles. The molecule has 2 N–H and O–H groups in total. The SMILES string of the molecule is COC(=O)[C@H](F)[C@H](N)Cc1ccc(-c2cccc(Cl)c2)cc1.Cl. The normalized spacial score (nSPS) is 12.9. The molecule has 2 aromatic rings. The second kappa shape index (κ2) is 8.87. The van der Waals surface area contributed by atoms with E-state index in [1.165, 1.54) is 0 Å². The summed E-state index contributed by atoms with van der Waals surface area (Å²) in [5.41, 5.74) is 8.56. The monoisotopic (exact) mass is 357 g/mol. The van der Waals surface area contributed by atoms with Crippen LogP contribution in [0.1, 0.15) is 5.56 Å². The Labute approximate surface area is 146 Å². The lowest BCUT2D eigenvalue weighted by Gasteiger charge is -2.15. The number of hydrogen-bond acceptors (Lipinski definition) is 3. The van der Waals surface area contributed by atoms with Crippen molar-refractivity contribution in [2.75, 3.05) is 7.11 Å². The Morgan fingerprint density at radius 1 is 1.22 bits per heavy atom. The van der Waals surface area contributed by atoms with Crippen LogP contribution >= 0.6 is 24.0 Å². The van der Waals surface area contributed by atoms with Crippen molar-refractivity contribution in [3.63, 3.8) is 0 Å². The van der Waals surface area contributed by atoms with Crippen molar-refractivity contribution in [2.24, 2.45) is 5.73 Å². The van der Waals surface area contributed by atoms with Gasteiger partial charge in [0.2, 0.25) is 6.17 Å². The number of esters is 1. The Hall–Kier alpha value is -1.62. The standard InChI is InChI=1S/C17H17ClFNO2.ClH/c1-22-17(21)16(19)15(20)9-11-5-7-12(8-6-11)13-3-2-4-14(18)10-13;/h2-8,10,15-16H,9,20H2,1H3;1H/t15-,16-;/m1./s1. The molecule has 0 unspecified atom stereocenters. The van der Waals surface area contributed by atoms with Gasteiger partial charge in [0.15, 0.2) is 0 Å². The summed E-state index contributed by atoms with van der Waals surface area (Å²) < 4.78 is 18.0. The number of methoxy groups -OCH3 is 1. The molecule has 0 spiro atoms. The number of hydrogen-bond donors (Lipinski definition) is 1. The average molecular weight is 358 g/mol. The zero-order chi connectivity index (χ0) is 16.1. The Morgan fingerprint density at radius 3 is 2.43 bits per heavy atom. The third-order valence-electron chi connectivity index (χ3n) is 3.39. The van der Waals surface area contributed by atoms with E-state index in [0.29, 0.717) is 5.02 Å². The summed E-state index contributed by atoms with van der Waals surface area (Å²) in [6.45, 7) is 0. The highest BCUT2D eigenvalue weighted by atomic mass is 35.5. The summed E-state index contributed by atoms with van der Waals surface area (Å²) in [6, 6.07) is 14.2. The minimum absolute atomic E-state index is 0. The molecule has 0 radical (unpaired) electrons. The van der Waals surface area contributed by atoms with Crippen LogP contribution < -0.4 is 5.73 Å². The van der Waals surface area contributed by atoms with E-state index in [2.05, 4.69) is 4.74 Å². The average Bonchev–Trinajstić information content (AvgIpc) is 2.54. The molecule has 0 bridgehead atoms. The van der Waals surface area contributed by atoms with Gasteiger partial charge in [0.05, 0.1) is 13.2 Å². The van der Waals surface area contributed by atoms with E-state index >= 15 is 0 Å². The van der Waals surface area contributed by atoms with Gasteiger partial charge in [-0.15, -0.1) is 12.4 Å². The van der Waals surface area contributed by atoms with Crippen molar-refractivity contribution < 1.29 is 13.9 Å². The molecular weight excluding hydrogens is 340 g/mol. The predicted octanol–water partition coefficient (Wildman–Crippen LogP) is 3.81. The van der Waals surface area contributed by atoms with Gasteiger partial charge in [0.1, 0.15) is 0 Å². The van der Waals surface area contributed by atoms with Crippen LogP contribution in [0.2, 0.25) is 5.02 Å². The molecule has 23 heavy (non-hydrogen) atoms. The minimum atomic E-state index is -1.82. The maximum atomic E-state index is 13.7. The molecule has 2 aromatic carbocycles. The molecule has 0 aliphatic carbocycles. The number of alkyl halides is 1. The summed E-state index contributed by atoms with van der Waals surface area (Å²) in [7, 11) is 1.14. The van der Waals surface area contributed by atoms with Gasteiger partial charge in [-0.3, -0.25) is 0 Å². The summed E-state index contributed by atoms with van der Waals surface area (Å²) in [4.78, 5) is 11.1. The van der Waals surface area contributed by atoms with Crippen molar-refractivity contribution >= 4 is 30.0 Å². The minimum Gasteiger partial charge on any atom is -0.467 e. The molecule has 0 fully saturated rings. The van der Waals surface area contributed by atoms with E-state index in [1.54, 1.807) is 0 Å². The molecule has 2 rings (SSSR count). The van der Waals surface area contributed by atoms with E-state index in [-0.39, 0.29) is 18.8 Å². The fraction of sp³-hybridized carbons (Fsp3) is 0.235. The number of rotatable bonds is 5. The predicted molar refractivity (Wildman–Crippen MR) is 92.7 cm³/mol. The fourth-order valence-corrected chi connectivity index (χ4v) is 2.35. The fourth-order valence-electron chi connectivity index (χ4n) is 2.16. The maximum absolute atomic E-state index is 13.7. The Morgan fingerprint density at radius 2 is 1.87 bits per heavy atom. The number of carbonyl (C=O) groups excluding carboxylic acids is 1. The summed E-state index contributed by atoms with van der Waals surface area (Å²) in [6.07, 6.45) is -1.57. The molecule has 0 saturated carbocycles. The van der Waals surface area contributed by atoms with Crippen molar-refractivity contribution in [3.8, 4) is 11.1 Å². The summed E-state index contributed by atoms with van der Waals surface area (Å²) >= 11 is 5.97. The van der Waals surface area contributed by atoms with Crippen molar-refractivity contribution in [1.82, 2.24) is 0 Å². The zero-order valence-electron chi connectivity index (χ0n) is 12.5. The van der Waals surface area contributed by atoms with Crippen LogP contribution in [0.15, 0.2) is 48.5 Å². The number of halogens is 3. The molecule has 0 saturated heterocycles. The smallest absolute Gasteiger partial charge is 0.342 e. The Bertz CT molecular complexity index is 649. The van der Waals surface area contributed by atoms with Crippen LogP contribution in [0.5, 0.6) is 0 Å². The van der Waals surface area contributed by atoms with Gasteiger partial charge >= 0.3 is 5.97 Å². The first-order valence-electron chi connectivity index (χ1n) is 6.83. The van der Waals surface area contributed by atoms with Gasteiger partial charge in [0, 0.05) is 5.02 Å². The number of nitrogens with two attached hydrogens (primary N) is 1. The van der Waals surface area contributed by atoms with Crippen LogP contribution in [0, 0.1) is 0 Å². The summed E-state index contributed by atoms with van der Waals surface area (Å²) in [5, 5.41) is 0.668. The van der Waals surface area contributed by atoms with E-state index in [1.807, 2.05) is 48.5 Å². The first kappa shape index (κ1) is 19.4. The molecule has 0 aromatic heterocycles. The zero-order valence-corrected chi connectivity index (χ0v) is 14.1. The van der Waals surface area contributed by atoms with E-state index in [9.17, 15) is 9.18 Å². The second-order valence-electron chi connectivity index (χ2n) is 5.00. The largest absolute Gasteiger partial charge is 0.467 e. The maximum Gasteiger partial charge on any atom is 0.342 e. The Balaban J connectivity index is 0.00000264. The van der Waals surface area contributed by atoms with Gasteiger partial charge in [-0.25, -0.2) is 9.18 Å². The van der Waals surface area contributed by atoms with Gasteiger partial charge in [0.25, 0.3) is 0 Å².